The van der Waals surface area contributed by atoms with Gasteiger partial charge in [-0.05, 0) is 13.8 Å². The molecule has 0 aliphatic rings. The van der Waals surface area contributed by atoms with E-state index in [0.29, 0.717) is 5.75 Å². The molecule has 0 saturated heterocycles. The van der Waals surface area contributed by atoms with Crippen LogP contribution in [0.2, 0.25) is 0 Å². The highest BCUT2D eigenvalue weighted by Gasteiger charge is 2.10. The quantitative estimate of drug-likeness (QED) is 0.785. The number of aromatic nitrogens is 1. The van der Waals surface area contributed by atoms with Gasteiger partial charge in [0.1, 0.15) is 5.76 Å². The Morgan fingerprint density at radius 1 is 1.47 bits per heavy atom. The van der Waals surface area contributed by atoms with Crippen molar-refractivity contribution in [1.29, 1.82) is 0 Å². The lowest BCUT2D eigenvalue weighted by molar-refractivity contribution is -0.125. The molecule has 0 aliphatic heterocycles. The number of nitrogens with zero attached hydrogens (tertiary/aromatic N) is 2. The average molecular weight is 228 g/mol. The van der Waals surface area contributed by atoms with Crippen molar-refractivity contribution < 1.29 is 9.32 Å². The number of carbonyl (C=O) groups excluding carboxylic acids is 1. The van der Waals surface area contributed by atoms with E-state index in [0.717, 1.165) is 22.8 Å². The van der Waals surface area contributed by atoms with Crippen LogP contribution >= 0.6 is 11.8 Å². The van der Waals surface area contributed by atoms with Gasteiger partial charge in [-0.25, -0.2) is 0 Å². The van der Waals surface area contributed by atoms with E-state index in [1.807, 2.05) is 13.8 Å². The third-order valence-corrected chi connectivity index (χ3v) is 3.10. The van der Waals surface area contributed by atoms with Crippen LogP contribution in [-0.4, -0.2) is 35.8 Å². The van der Waals surface area contributed by atoms with Crippen molar-refractivity contribution in [3.8, 4) is 0 Å². The number of aryl methyl sites for hydroxylation is 2. The zero-order chi connectivity index (χ0) is 11.4. The molecule has 0 unspecified atom stereocenters. The zero-order valence-electron chi connectivity index (χ0n) is 9.53. The predicted octanol–water partition coefficient (Wildman–Crippen LogP) is 1.61. The van der Waals surface area contributed by atoms with Crippen LogP contribution in [0.25, 0.3) is 0 Å². The van der Waals surface area contributed by atoms with Crippen LogP contribution < -0.4 is 0 Å². The van der Waals surface area contributed by atoms with E-state index < -0.39 is 0 Å². The third-order valence-electron chi connectivity index (χ3n) is 2.15. The minimum Gasteiger partial charge on any atom is -0.361 e. The lowest BCUT2D eigenvalue weighted by Gasteiger charge is -2.09. The maximum atomic E-state index is 11.3. The minimum absolute atomic E-state index is 0.131. The molecule has 0 bridgehead atoms. The average Bonchev–Trinajstić information content (AvgIpc) is 2.48. The van der Waals surface area contributed by atoms with Gasteiger partial charge in [0.05, 0.1) is 11.4 Å². The lowest BCUT2D eigenvalue weighted by Crippen LogP contribution is -2.23. The van der Waals surface area contributed by atoms with E-state index in [-0.39, 0.29) is 5.91 Å². The molecule has 0 radical (unpaired) electrons. The van der Waals surface area contributed by atoms with Crippen LogP contribution in [0, 0.1) is 13.8 Å². The van der Waals surface area contributed by atoms with Gasteiger partial charge in [-0.2, -0.15) is 0 Å². The molecule has 0 N–H and O–H groups in total. The van der Waals surface area contributed by atoms with Crippen molar-refractivity contribution in [3.63, 3.8) is 0 Å². The first-order valence-corrected chi connectivity index (χ1v) is 5.87. The summed E-state index contributed by atoms with van der Waals surface area (Å²) in [6.45, 7) is 3.81. The second-order valence-electron chi connectivity index (χ2n) is 3.58. The first-order chi connectivity index (χ1) is 7.02. The fraction of sp³-hybridized carbons (Fsp3) is 0.600. The fourth-order valence-electron chi connectivity index (χ4n) is 1.08. The normalized spacial score (nSPS) is 10.4. The van der Waals surface area contributed by atoms with Crippen molar-refractivity contribution >= 4 is 17.7 Å². The largest absolute Gasteiger partial charge is 0.361 e. The smallest absolute Gasteiger partial charge is 0.232 e. The van der Waals surface area contributed by atoms with E-state index in [1.165, 1.54) is 0 Å². The number of rotatable bonds is 4. The summed E-state index contributed by atoms with van der Waals surface area (Å²) in [6.07, 6.45) is 0. The SMILES string of the molecule is Cc1noc(C)c1CSCC(=O)N(C)C. The second kappa shape index (κ2) is 5.21. The van der Waals surface area contributed by atoms with Gasteiger partial charge in [0.25, 0.3) is 0 Å². The summed E-state index contributed by atoms with van der Waals surface area (Å²) in [6, 6.07) is 0. The highest BCUT2D eigenvalue weighted by Crippen LogP contribution is 2.19. The highest BCUT2D eigenvalue weighted by atomic mass is 32.2. The molecule has 1 rings (SSSR count). The molecule has 0 aliphatic carbocycles. The second-order valence-corrected chi connectivity index (χ2v) is 4.57. The van der Waals surface area contributed by atoms with Gasteiger partial charge in [0.2, 0.25) is 5.91 Å². The molecule has 4 nitrogen and oxygen atoms in total. The molecule has 1 heterocycles. The molecular formula is C10H16N2O2S. The third kappa shape index (κ3) is 3.27. The van der Waals surface area contributed by atoms with Gasteiger partial charge in [-0.15, -0.1) is 11.8 Å². The number of hydrogen-bond acceptors (Lipinski definition) is 4. The summed E-state index contributed by atoms with van der Waals surface area (Å²) in [4.78, 5) is 12.9. The summed E-state index contributed by atoms with van der Waals surface area (Å²) in [5.74, 6) is 2.25. The summed E-state index contributed by atoms with van der Waals surface area (Å²) in [7, 11) is 3.53. The summed E-state index contributed by atoms with van der Waals surface area (Å²) in [5, 5.41) is 3.87. The maximum Gasteiger partial charge on any atom is 0.232 e. The van der Waals surface area contributed by atoms with Gasteiger partial charge in [0, 0.05) is 25.4 Å². The Morgan fingerprint density at radius 2 is 2.13 bits per heavy atom. The molecule has 1 aromatic rings. The van der Waals surface area contributed by atoms with E-state index in [4.69, 9.17) is 4.52 Å². The molecule has 84 valence electrons. The Labute approximate surface area is 94.0 Å². The highest BCUT2D eigenvalue weighted by molar-refractivity contribution is 7.99. The van der Waals surface area contributed by atoms with Crippen molar-refractivity contribution in [2.24, 2.45) is 0 Å². The monoisotopic (exact) mass is 228 g/mol. The van der Waals surface area contributed by atoms with Gasteiger partial charge in [-0.1, -0.05) is 5.16 Å². The maximum absolute atomic E-state index is 11.3. The van der Waals surface area contributed by atoms with E-state index >= 15 is 0 Å². The Morgan fingerprint density at radius 3 is 2.60 bits per heavy atom. The molecule has 0 aromatic carbocycles. The Hall–Kier alpha value is -0.970. The van der Waals surface area contributed by atoms with E-state index in [9.17, 15) is 4.79 Å². The zero-order valence-corrected chi connectivity index (χ0v) is 10.3. The molecule has 1 amide bonds. The topological polar surface area (TPSA) is 46.3 Å². The predicted molar refractivity (Wildman–Crippen MR) is 60.8 cm³/mol. The number of amides is 1. The van der Waals surface area contributed by atoms with Crippen molar-refractivity contribution in [3.05, 3.63) is 17.0 Å². The molecule has 0 atom stereocenters. The van der Waals surface area contributed by atoms with Gasteiger partial charge >= 0.3 is 0 Å². The Bertz CT molecular complexity index is 328. The van der Waals surface area contributed by atoms with Gasteiger partial charge in [0.15, 0.2) is 0 Å². The summed E-state index contributed by atoms with van der Waals surface area (Å²) in [5.41, 5.74) is 2.02. The number of hydrogen-bond donors (Lipinski definition) is 0. The fourth-order valence-corrected chi connectivity index (χ4v) is 2.23. The van der Waals surface area contributed by atoms with Gasteiger partial charge < -0.3 is 9.42 Å². The molecule has 5 heteroatoms. The lowest BCUT2D eigenvalue weighted by atomic mass is 10.2. The van der Waals surface area contributed by atoms with E-state index in [1.54, 1.807) is 30.8 Å². The summed E-state index contributed by atoms with van der Waals surface area (Å²) < 4.78 is 5.04. The molecule has 0 saturated carbocycles. The number of carbonyl (C=O) groups is 1. The first kappa shape index (κ1) is 12.1. The molecule has 1 aromatic heterocycles. The molecule has 15 heavy (non-hydrogen) atoms. The molecule has 0 fully saturated rings. The van der Waals surface area contributed by atoms with Crippen LogP contribution in [0.5, 0.6) is 0 Å². The molecular weight excluding hydrogens is 212 g/mol. The first-order valence-electron chi connectivity index (χ1n) is 4.72. The Kier molecular flexibility index (Phi) is 4.20. The van der Waals surface area contributed by atoms with Crippen molar-refractivity contribution in [1.82, 2.24) is 10.1 Å². The van der Waals surface area contributed by atoms with Crippen LogP contribution in [0.3, 0.4) is 0 Å². The summed E-state index contributed by atoms with van der Waals surface area (Å²) >= 11 is 1.58. The number of thioether (sulfide) groups is 1. The molecule has 0 spiro atoms. The van der Waals surface area contributed by atoms with Gasteiger partial charge in [-0.3, -0.25) is 4.79 Å². The van der Waals surface area contributed by atoms with Crippen LogP contribution in [0.15, 0.2) is 4.52 Å². The van der Waals surface area contributed by atoms with Crippen LogP contribution in [-0.2, 0) is 10.5 Å². The van der Waals surface area contributed by atoms with Crippen LogP contribution in [0.4, 0.5) is 0 Å². The Balaban J connectivity index is 2.41. The minimum atomic E-state index is 0.131. The van der Waals surface area contributed by atoms with Crippen molar-refractivity contribution in [2.75, 3.05) is 19.8 Å². The standard InChI is InChI=1S/C10H16N2O2S/c1-7-9(8(2)14-11-7)5-15-6-10(13)12(3)4/h5-6H2,1-4H3. The van der Waals surface area contributed by atoms with Crippen LogP contribution in [0.1, 0.15) is 17.0 Å². The van der Waals surface area contributed by atoms with Crippen molar-refractivity contribution in [2.45, 2.75) is 19.6 Å². The van der Waals surface area contributed by atoms with E-state index in [2.05, 4.69) is 5.16 Å².